The van der Waals surface area contributed by atoms with E-state index < -0.39 is 0 Å². The Morgan fingerprint density at radius 3 is 2.64 bits per heavy atom. The molecule has 0 aliphatic carbocycles. The molecule has 0 atom stereocenters. The molecule has 0 saturated heterocycles. The van der Waals surface area contributed by atoms with E-state index in [4.69, 9.17) is 5.73 Å². The van der Waals surface area contributed by atoms with Crippen molar-refractivity contribution < 1.29 is 4.79 Å². The lowest BCUT2D eigenvalue weighted by molar-refractivity contribution is 0.102. The first-order valence-corrected chi connectivity index (χ1v) is 7.82. The Kier molecular flexibility index (Phi) is 3.58. The van der Waals surface area contributed by atoms with Gasteiger partial charge in [0.25, 0.3) is 5.91 Å². The van der Waals surface area contributed by atoms with Gasteiger partial charge in [-0.25, -0.2) is 4.98 Å². The van der Waals surface area contributed by atoms with E-state index in [0.717, 1.165) is 32.6 Å². The minimum atomic E-state index is -0.0962. The fraction of sp³-hybridized carbons (Fsp3) is 0.176. The van der Waals surface area contributed by atoms with Crippen molar-refractivity contribution >= 4 is 38.3 Å². The molecule has 1 heterocycles. The third kappa shape index (κ3) is 2.44. The summed E-state index contributed by atoms with van der Waals surface area (Å²) in [6, 6.07) is 9.52. The Bertz CT molecular complexity index is 883. The second kappa shape index (κ2) is 5.42. The van der Waals surface area contributed by atoms with Crippen molar-refractivity contribution in [2.24, 2.45) is 0 Å². The molecule has 5 heteroatoms. The maximum atomic E-state index is 12.5. The summed E-state index contributed by atoms with van der Waals surface area (Å²) in [7, 11) is 0. The van der Waals surface area contributed by atoms with E-state index in [0.29, 0.717) is 10.7 Å². The molecule has 0 bridgehead atoms. The number of aryl methyl sites for hydroxylation is 3. The quantitative estimate of drug-likeness (QED) is 0.750. The van der Waals surface area contributed by atoms with Crippen molar-refractivity contribution in [2.75, 3.05) is 11.1 Å². The van der Waals surface area contributed by atoms with Gasteiger partial charge in [-0.05, 0) is 49.6 Å². The van der Waals surface area contributed by atoms with Crippen LogP contribution in [0.3, 0.4) is 0 Å². The SMILES string of the molecule is Cc1ccccc1C(=O)Nc1c(C)cc2nc(N)sc2c1C. The van der Waals surface area contributed by atoms with Crippen LogP contribution in [-0.2, 0) is 0 Å². The number of rotatable bonds is 2. The van der Waals surface area contributed by atoms with E-state index in [1.165, 1.54) is 11.3 Å². The standard InChI is InChI=1S/C17H17N3OS/c1-9-6-4-5-7-12(9)16(21)20-14-10(2)8-13-15(11(14)3)22-17(18)19-13/h4-8H,1-3H3,(H2,18,19)(H,20,21). The molecule has 3 N–H and O–H groups in total. The minimum absolute atomic E-state index is 0.0962. The van der Waals surface area contributed by atoms with Gasteiger partial charge in [0, 0.05) is 11.3 Å². The van der Waals surface area contributed by atoms with Gasteiger partial charge in [0.05, 0.1) is 10.2 Å². The number of hydrogen-bond donors (Lipinski definition) is 2. The fourth-order valence-corrected chi connectivity index (χ4v) is 3.42. The number of fused-ring (bicyclic) bond motifs is 1. The van der Waals surface area contributed by atoms with Crippen LogP contribution in [0.2, 0.25) is 0 Å². The normalized spacial score (nSPS) is 10.9. The van der Waals surface area contributed by atoms with Gasteiger partial charge >= 0.3 is 0 Å². The Hall–Kier alpha value is -2.40. The molecule has 22 heavy (non-hydrogen) atoms. The van der Waals surface area contributed by atoms with Crippen molar-refractivity contribution in [2.45, 2.75) is 20.8 Å². The van der Waals surface area contributed by atoms with Crippen molar-refractivity contribution in [1.29, 1.82) is 0 Å². The van der Waals surface area contributed by atoms with Crippen LogP contribution in [0.1, 0.15) is 27.0 Å². The molecular formula is C17H17N3OS. The third-order valence-electron chi connectivity index (χ3n) is 3.76. The second-order valence-corrected chi connectivity index (χ2v) is 6.39. The van der Waals surface area contributed by atoms with Gasteiger partial charge in [0.2, 0.25) is 0 Å². The van der Waals surface area contributed by atoms with Gasteiger partial charge in [-0.1, -0.05) is 29.5 Å². The lowest BCUT2D eigenvalue weighted by Crippen LogP contribution is -2.15. The summed E-state index contributed by atoms with van der Waals surface area (Å²) in [6.07, 6.45) is 0. The van der Waals surface area contributed by atoms with Crippen molar-refractivity contribution in [3.05, 3.63) is 52.6 Å². The highest BCUT2D eigenvalue weighted by Gasteiger charge is 2.15. The van der Waals surface area contributed by atoms with Gasteiger partial charge in [-0.3, -0.25) is 4.79 Å². The molecule has 0 saturated carbocycles. The highest BCUT2D eigenvalue weighted by molar-refractivity contribution is 7.22. The summed E-state index contributed by atoms with van der Waals surface area (Å²) < 4.78 is 1.02. The average Bonchev–Trinajstić information content (AvgIpc) is 2.84. The van der Waals surface area contributed by atoms with Crippen LogP contribution in [0.5, 0.6) is 0 Å². The molecule has 1 aromatic heterocycles. The second-order valence-electron chi connectivity index (χ2n) is 5.36. The summed E-state index contributed by atoms with van der Waals surface area (Å²) in [5.41, 5.74) is 11.1. The molecule has 0 aliphatic rings. The summed E-state index contributed by atoms with van der Waals surface area (Å²) in [4.78, 5) is 16.8. The van der Waals surface area contributed by atoms with Gasteiger partial charge in [0.1, 0.15) is 0 Å². The van der Waals surface area contributed by atoms with Crippen LogP contribution in [-0.4, -0.2) is 10.9 Å². The van der Waals surface area contributed by atoms with Crippen LogP contribution in [0.25, 0.3) is 10.2 Å². The van der Waals surface area contributed by atoms with Crippen molar-refractivity contribution in [3.63, 3.8) is 0 Å². The number of carbonyl (C=O) groups is 1. The number of aromatic nitrogens is 1. The molecule has 112 valence electrons. The molecule has 0 spiro atoms. The molecule has 0 unspecified atom stereocenters. The van der Waals surface area contributed by atoms with E-state index in [1.807, 2.05) is 51.1 Å². The molecule has 0 radical (unpaired) electrons. The molecule has 0 fully saturated rings. The number of carbonyl (C=O) groups excluding carboxylic acids is 1. The van der Waals surface area contributed by atoms with Gasteiger partial charge in [-0.2, -0.15) is 0 Å². The molecule has 4 nitrogen and oxygen atoms in total. The Balaban J connectivity index is 2.04. The highest BCUT2D eigenvalue weighted by atomic mass is 32.1. The molecule has 2 aromatic carbocycles. The first-order valence-electron chi connectivity index (χ1n) is 7.00. The van der Waals surface area contributed by atoms with Gasteiger partial charge in [-0.15, -0.1) is 0 Å². The number of hydrogen-bond acceptors (Lipinski definition) is 4. The summed E-state index contributed by atoms with van der Waals surface area (Å²) in [5, 5.41) is 3.58. The number of nitrogen functional groups attached to an aromatic ring is 1. The first kappa shape index (κ1) is 14.5. The predicted octanol–water partition coefficient (Wildman–Crippen LogP) is 4.06. The topological polar surface area (TPSA) is 68.0 Å². The predicted molar refractivity (Wildman–Crippen MR) is 92.6 cm³/mol. The Labute approximate surface area is 133 Å². The number of amides is 1. The zero-order chi connectivity index (χ0) is 15.9. The van der Waals surface area contributed by atoms with Crippen LogP contribution < -0.4 is 11.1 Å². The van der Waals surface area contributed by atoms with E-state index in [1.54, 1.807) is 0 Å². The Morgan fingerprint density at radius 1 is 1.18 bits per heavy atom. The highest BCUT2D eigenvalue weighted by Crippen LogP contribution is 2.34. The van der Waals surface area contributed by atoms with Crippen LogP contribution in [0.4, 0.5) is 10.8 Å². The van der Waals surface area contributed by atoms with E-state index in [9.17, 15) is 4.79 Å². The average molecular weight is 311 g/mol. The molecule has 0 aliphatic heterocycles. The van der Waals surface area contributed by atoms with Gasteiger partial charge in [0.15, 0.2) is 5.13 Å². The molecule has 1 amide bonds. The first-order chi connectivity index (χ1) is 10.5. The zero-order valence-corrected chi connectivity index (χ0v) is 13.5. The fourth-order valence-electron chi connectivity index (χ4n) is 2.60. The number of benzene rings is 2. The van der Waals surface area contributed by atoms with Gasteiger partial charge < -0.3 is 11.1 Å². The molecule has 3 rings (SSSR count). The van der Waals surface area contributed by atoms with Crippen molar-refractivity contribution in [1.82, 2.24) is 4.98 Å². The summed E-state index contributed by atoms with van der Waals surface area (Å²) in [5.74, 6) is -0.0962. The lowest BCUT2D eigenvalue weighted by atomic mass is 10.1. The zero-order valence-electron chi connectivity index (χ0n) is 12.7. The van der Waals surface area contributed by atoms with Crippen molar-refractivity contribution in [3.8, 4) is 0 Å². The van der Waals surface area contributed by atoms with E-state index >= 15 is 0 Å². The van der Waals surface area contributed by atoms with E-state index in [-0.39, 0.29) is 5.91 Å². The number of thiazole rings is 1. The molecular weight excluding hydrogens is 294 g/mol. The maximum absolute atomic E-state index is 12.5. The largest absolute Gasteiger partial charge is 0.375 e. The van der Waals surface area contributed by atoms with E-state index in [2.05, 4.69) is 10.3 Å². The van der Waals surface area contributed by atoms with Crippen LogP contribution >= 0.6 is 11.3 Å². The van der Waals surface area contributed by atoms with Crippen LogP contribution in [0.15, 0.2) is 30.3 Å². The van der Waals surface area contributed by atoms with Crippen LogP contribution in [0, 0.1) is 20.8 Å². The lowest BCUT2D eigenvalue weighted by Gasteiger charge is -2.13. The minimum Gasteiger partial charge on any atom is -0.375 e. The maximum Gasteiger partial charge on any atom is 0.255 e. The monoisotopic (exact) mass is 311 g/mol. The number of nitrogens with one attached hydrogen (secondary N) is 1. The summed E-state index contributed by atoms with van der Waals surface area (Å²) in [6.45, 7) is 5.89. The number of nitrogens with two attached hydrogens (primary N) is 1. The number of anilines is 2. The molecule has 3 aromatic rings. The Morgan fingerprint density at radius 2 is 1.91 bits per heavy atom. The number of nitrogens with zero attached hydrogens (tertiary/aromatic N) is 1. The smallest absolute Gasteiger partial charge is 0.255 e. The third-order valence-corrected chi connectivity index (χ3v) is 4.78. The summed E-state index contributed by atoms with van der Waals surface area (Å²) >= 11 is 1.44.